The van der Waals surface area contributed by atoms with Gasteiger partial charge in [0.25, 0.3) is 0 Å². The topological polar surface area (TPSA) is 43.4 Å². The molecule has 0 amide bonds. The van der Waals surface area contributed by atoms with Crippen molar-refractivity contribution in [3.05, 3.63) is 0 Å². The molecule has 1 saturated carbocycles. The fraction of sp³-hybridized carbons (Fsp3) is 0.875. The quantitative estimate of drug-likeness (QED) is 0.725. The van der Waals surface area contributed by atoms with E-state index in [2.05, 4.69) is 0 Å². The van der Waals surface area contributed by atoms with E-state index in [0.29, 0.717) is 13.0 Å². The number of rotatable bonds is 3. The fourth-order valence-electron chi connectivity index (χ4n) is 2.75. The average Bonchev–Trinajstić information content (AvgIpc) is 2.37. The van der Waals surface area contributed by atoms with E-state index in [9.17, 15) is 9.59 Å². The largest absolute Gasteiger partial charge is 0.466 e. The number of carbonyl (C=O) groups is 2. The van der Waals surface area contributed by atoms with Gasteiger partial charge in [-0.25, -0.2) is 0 Å². The molecule has 0 aliphatic heterocycles. The molecule has 3 nitrogen and oxygen atoms in total. The first-order valence-corrected chi connectivity index (χ1v) is 7.92. The molecule has 0 aromatic rings. The highest BCUT2D eigenvalue weighted by molar-refractivity contribution is 5.85. The minimum Gasteiger partial charge on any atom is -0.466 e. The van der Waals surface area contributed by atoms with Crippen LogP contribution in [0, 0.1) is 5.92 Å². The lowest BCUT2D eigenvalue weighted by Gasteiger charge is -2.16. The molecular formula is C16H28O3. The second-order valence-electron chi connectivity index (χ2n) is 5.54. The van der Waals surface area contributed by atoms with Crippen molar-refractivity contribution in [1.29, 1.82) is 0 Å². The van der Waals surface area contributed by atoms with Crippen molar-refractivity contribution >= 4 is 11.8 Å². The summed E-state index contributed by atoms with van der Waals surface area (Å²) in [5.74, 6) is -0.0416. The maximum Gasteiger partial charge on any atom is 0.306 e. The summed E-state index contributed by atoms with van der Waals surface area (Å²) in [6.45, 7) is 2.21. The first-order chi connectivity index (χ1) is 9.24. The van der Waals surface area contributed by atoms with Gasteiger partial charge in [0.1, 0.15) is 5.78 Å². The van der Waals surface area contributed by atoms with Crippen LogP contribution in [0.1, 0.15) is 77.6 Å². The van der Waals surface area contributed by atoms with Crippen LogP contribution < -0.4 is 0 Å². The number of ether oxygens (including phenoxy) is 1. The number of hydrogen-bond acceptors (Lipinski definition) is 3. The zero-order valence-corrected chi connectivity index (χ0v) is 12.3. The lowest BCUT2D eigenvalue weighted by Crippen LogP contribution is -2.20. The van der Waals surface area contributed by atoms with Gasteiger partial charge in [-0.3, -0.25) is 9.59 Å². The molecule has 1 fully saturated rings. The van der Waals surface area contributed by atoms with Gasteiger partial charge in [-0.15, -0.1) is 0 Å². The van der Waals surface area contributed by atoms with E-state index in [1.165, 1.54) is 32.1 Å². The molecule has 0 aromatic carbocycles. The molecule has 0 radical (unpaired) electrons. The molecule has 0 saturated heterocycles. The summed E-state index contributed by atoms with van der Waals surface area (Å²) in [4.78, 5) is 23.7. The minimum atomic E-state index is -0.215. The van der Waals surface area contributed by atoms with Crippen LogP contribution in [0.15, 0.2) is 0 Å². The predicted octanol–water partition coefficient (Wildman–Crippen LogP) is 4.04. The standard InChI is InChI=1S/C16H28O3/c1-2-19-16(18)13-14-11-9-7-5-3-4-6-8-10-12-15(14)17/h14H,2-13H2,1H3. The number of carbonyl (C=O) groups excluding carboxylic acids is 2. The van der Waals surface area contributed by atoms with Crippen molar-refractivity contribution in [3.63, 3.8) is 0 Å². The van der Waals surface area contributed by atoms with E-state index in [0.717, 1.165) is 25.7 Å². The normalized spacial score (nSPS) is 23.2. The Labute approximate surface area is 117 Å². The molecule has 0 aromatic heterocycles. The summed E-state index contributed by atoms with van der Waals surface area (Å²) in [6, 6.07) is 0. The molecule has 1 aliphatic rings. The van der Waals surface area contributed by atoms with Crippen LogP contribution in [0.4, 0.5) is 0 Å². The summed E-state index contributed by atoms with van der Waals surface area (Å²) >= 11 is 0. The summed E-state index contributed by atoms with van der Waals surface area (Å²) in [5, 5.41) is 0. The molecule has 0 bridgehead atoms. The molecule has 110 valence electrons. The van der Waals surface area contributed by atoms with Crippen molar-refractivity contribution in [3.8, 4) is 0 Å². The third-order valence-electron chi connectivity index (χ3n) is 3.90. The summed E-state index contributed by atoms with van der Waals surface area (Å²) < 4.78 is 4.97. The fourth-order valence-corrected chi connectivity index (χ4v) is 2.75. The molecule has 1 atom stereocenters. The number of Topliss-reactive ketones (excluding diaryl/α,β-unsaturated/α-hetero) is 1. The van der Waals surface area contributed by atoms with Crippen LogP contribution in [-0.2, 0) is 14.3 Å². The Morgan fingerprint density at radius 2 is 1.63 bits per heavy atom. The van der Waals surface area contributed by atoms with Gasteiger partial charge in [-0.2, -0.15) is 0 Å². The lowest BCUT2D eigenvalue weighted by molar-refractivity contribution is -0.146. The maximum atomic E-state index is 12.2. The molecule has 3 heteroatoms. The number of esters is 1. The van der Waals surface area contributed by atoms with Crippen molar-refractivity contribution in [1.82, 2.24) is 0 Å². The van der Waals surface area contributed by atoms with Crippen LogP contribution in [0.2, 0.25) is 0 Å². The lowest BCUT2D eigenvalue weighted by atomic mass is 9.89. The van der Waals surface area contributed by atoms with Crippen molar-refractivity contribution in [2.24, 2.45) is 5.92 Å². The van der Waals surface area contributed by atoms with Crippen LogP contribution in [0.3, 0.4) is 0 Å². The van der Waals surface area contributed by atoms with Gasteiger partial charge in [-0.05, 0) is 19.8 Å². The van der Waals surface area contributed by atoms with Crippen LogP contribution in [-0.4, -0.2) is 18.4 Å². The van der Waals surface area contributed by atoms with E-state index in [1.54, 1.807) is 6.92 Å². The van der Waals surface area contributed by atoms with Gasteiger partial charge >= 0.3 is 5.97 Å². The monoisotopic (exact) mass is 268 g/mol. The average molecular weight is 268 g/mol. The van der Waals surface area contributed by atoms with Crippen LogP contribution >= 0.6 is 0 Å². The Bertz CT molecular complexity index is 273. The van der Waals surface area contributed by atoms with Crippen LogP contribution in [0.5, 0.6) is 0 Å². The molecule has 1 aliphatic carbocycles. The van der Waals surface area contributed by atoms with Gasteiger partial charge in [0.2, 0.25) is 0 Å². The predicted molar refractivity (Wildman–Crippen MR) is 75.9 cm³/mol. The van der Waals surface area contributed by atoms with Gasteiger partial charge in [0.15, 0.2) is 0 Å². The highest BCUT2D eigenvalue weighted by Gasteiger charge is 2.21. The molecule has 19 heavy (non-hydrogen) atoms. The Kier molecular flexibility index (Phi) is 8.52. The third kappa shape index (κ3) is 7.34. The first-order valence-electron chi connectivity index (χ1n) is 7.92. The van der Waals surface area contributed by atoms with Gasteiger partial charge < -0.3 is 4.74 Å². The van der Waals surface area contributed by atoms with E-state index in [-0.39, 0.29) is 24.1 Å². The first kappa shape index (κ1) is 16.2. The molecule has 1 rings (SSSR count). The number of hydrogen-bond donors (Lipinski definition) is 0. The Balaban J connectivity index is 2.46. The van der Waals surface area contributed by atoms with Gasteiger partial charge in [0.05, 0.1) is 13.0 Å². The summed E-state index contributed by atoms with van der Waals surface area (Å²) in [5.41, 5.74) is 0. The molecule has 1 unspecified atom stereocenters. The Hall–Kier alpha value is -0.860. The van der Waals surface area contributed by atoms with E-state index >= 15 is 0 Å². The maximum absolute atomic E-state index is 12.2. The summed E-state index contributed by atoms with van der Waals surface area (Å²) in [7, 11) is 0. The third-order valence-corrected chi connectivity index (χ3v) is 3.90. The molecule has 0 heterocycles. The second kappa shape index (κ2) is 9.99. The van der Waals surface area contributed by atoms with E-state index in [4.69, 9.17) is 4.74 Å². The van der Waals surface area contributed by atoms with Crippen molar-refractivity contribution in [2.45, 2.75) is 77.6 Å². The number of ketones is 1. The van der Waals surface area contributed by atoms with Gasteiger partial charge in [-0.1, -0.05) is 44.9 Å². The highest BCUT2D eigenvalue weighted by Crippen LogP contribution is 2.21. The molecule has 0 N–H and O–H groups in total. The van der Waals surface area contributed by atoms with E-state index in [1.807, 2.05) is 0 Å². The zero-order valence-electron chi connectivity index (χ0n) is 12.3. The van der Waals surface area contributed by atoms with E-state index < -0.39 is 0 Å². The second-order valence-corrected chi connectivity index (χ2v) is 5.54. The van der Waals surface area contributed by atoms with Crippen LogP contribution in [0.25, 0.3) is 0 Å². The van der Waals surface area contributed by atoms with Crippen molar-refractivity contribution < 1.29 is 14.3 Å². The van der Waals surface area contributed by atoms with Crippen molar-refractivity contribution in [2.75, 3.05) is 6.61 Å². The SMILES string of the molecule is CCOC(=O)CC1CCCCCCCCCCC1=O. The summed E-state index contributed by atoms with van der Waals surface area (Å²) in [6.07, 6.45) is 11.3. The molecule has 0 spiro atoms. The smallest absolute Gasteiger partial charge is 0.306 e. The Morgan fingerprint density at radius 3 is 2.26 bits per heavy atom. The van der Waals surface area contributed by atoms with Gasteiger partial charge in [0, 0.05) is 12.3 Å². The minimum absolute atomic E-state index is 0.0986. The molecular weight excluding hydrogens is 240 g/mol. The Morgan fingerprint density at radius 1 is 1.05 bits per heavy atom. The zero-order chi connectivity index (χ0) is 13.9. The highest BCUT2D eigenvalue weighted by atomic mass is 16.5.